The van der Waals surface area contributed by atoms with Gasteiger partial charge in [-0.3, -0.25) is 4.79 Å². The number of benzene rings is 2. The van der Waals surface area contributed by atoms with Gasteiger partial charge in [0.15, 0.2) is 5.78 Å². The summed E-state index contributed by atoms with van der Waals surface area (Å²) in [7, 11) is -0.630. The zero-order chi connectivity index (χ0) is 17.9. The van der Waals surface area contributed by atoms with Crippen molar-refractivity contribution in [2.75, 3.05) is 14.1 Å². The second kappa shape index (κ2) is 7.11. The lowest BCUT2D eigenvalue weighted by Gasteiger charge is -2.11. The Hall–Kier alpha value is -2.24. The lowest BCUT2D eigenvalue weighted by atomic mass is 10.0. The van der Waals surface area contributed by atoms with Crippen LogP contribution in [0.2, 0.25) is 0 Å². The summed E-state index contributed by atoms with van der Waals surface area (Å²) in [5.74, 6) is -0.231. The van der Waals surface area contributed by atoms with Gasteiger partial charge in [0.2, 0.25) is 10.0 Å². The van der Waals surface area contributed by atoms with Gasteiger partial charge in [0.05, 0.1) is 4.90 Å². The first-order valence-electron chi connectivity index (χ1n) is 7.54. The lowest BCUT2D eigenvalue weighted by Crippen LogP contribution is -2.22. The average Bonchev–Trinajstić information content (AvgIpc) is 2.53. The largest absolute Gasteiger partial charge is 0.289 e. The normalized spacial score (nSPS) is 12.0. The third kappa shape index (κ3) is 3.99. The molecule has 0 spiro atoms. The summed E-state index contributed by atoms with van der Waals surface area (Å²) in [6, 6.07) is 12.1. The highest BCUT2D eigenvalue weighted by molar-refractivity contribution is 7.89. The number of sulfonamides is 1. The number of rotatable bonds is 5. The molecule has 0 N–H and O–H groups in total. The standard InChI is InChI=1S/C19H21NO3S/c1-14-8-9-16(15(2)12-14)10-11-19(21)17-6-5-7-18(13-17)24(22,23)20(3)4/h5-13H,1-4H3/b11-10+. The highest BCUT2D eigenvalue weighted by Gasteiger charge is 2.18. The van der Waals surface area contributed by atoms with Crippen molar-refractivity contribution in [1.29, 1.82) is 0 Å². The molecule has 5 heteroatoms. The fraction of sp³-hybridized carbons (Fsp3) is 0.211. The molecule has 0 heterocycles. The summed E-state index contributed by atoms with van der Waals surface area (Å²) < 4.78 is 25.4. The number of carbonyl (C=O) groups excluding carboxylic acids is 1. The molecule has 4 nitrogen and oxygen atoms in total. The molecule has 2 rings (SSSR count). The molecule has 0 saturated carbocycles. The van der Waals surface area contributed by atoms with Crippen molar-refractivity contribution in [2.45, 2.75) is 18.7 Å². The van der Waals surface area contributed by atoms with E-state index in [-0.39, 0.29) is 10.7 Å². The second-order valence-corrected chi connectivity index (χ2v) is 8.02. The maximum absolute atomic E-state index is 12.4. The van der Waals surface area contributed by atoms with E-state index in [2.05, 4.69) is 6.07 Å². The van der Waals surface area contributed by atoms with Gasteiger partial charge in [-0.15, -0.1) is 0 Å². The molecule has 0 unspecified atom stereocenters. The van der Waals surface area contributed by atoms with E-state index in [1.165, 1.54) is 32.3 Å². The number of hydrogen-bond donors (Lipinski definition) is 0. The number of carbonyl (C=O) groups is 1. The van der Waals surface area contributed by atoms with Crippen molar-refractivity contribution >= 4 is 21.9 Å². The summed E-state index contributed by atoms with van der Waals surface area (Å²) in [4.78, 5) is 12.5. The summed E-state index contributed by atoms with van der Waals surface area (Å²) in [5.41, 5.74) is 3.56. The van der Waals surface area contributed by atoms with Crippen LogP contribution in [0.4, 0.5) is 0 Å². The minimum absolute atomic E-state index is 0.110. The van der Waals surface area contributed by atoms with Gasteiger partial charge in [-0.2, -0.15) is 0 Å². The smallest absolute Gasteiger partial charge is 0.242 e. The van der Waals surface area contributed by atoms with Crippen molar-refractivity contribution in [3.05, 3.63) is 70.8 Å². The first-order chi connectivity index (χ1) is 11.2. The van der Waals surface area contributed by atoms with Crippen LogP contribution in [0.5, 0.6) is 0 Å². The summed E-state index contributed by atoms with van der Waals surface area (Å²) in [6.07, 6.45) is 3.23. The van der Waals surface area contributed by atoms with Crippen molar-refractivity contribution in [1.82, 2.24) is 4.31 Å². The highest BCUT2D eigenvalue weighted by atomic mass is 32.2. The fourth-order valence-corrected chi connectivity index (χ4v) is 3.24. The Labute approximate surface area is 143 Å². The predicted molar refractivity (Wildman–Crippen MR) is 96.6 cm³/mol. The Kier molecular flexibility index (Phi) is 5.36. The number of ketones is 1. The van der Waals surface area contributed by atoms with Gasteiger partial charge in [-0.25, -0.2) is 12.7 Å². The van der Waals surface area contributed by atoms with E-state index in [0.29, 0.717) is 5.56 Å². The molecule has 0 bridgehead atoms. The SMILES string of the molecule is Cc1ccc(/C=C/C(=O)c2cccc(S(=O)(=O)N(C)C)c2)c(C)c1. The summed E-state index contributed by atoms with van der Waals surface area (Å²) in [6.45, 7) is 4.00. The Morgan fingerprint density at radius 2 is 1.75 bits per heavy atom. The van der Waals surface area contributed by atoms with Crippen LogP contribution >= 0.6 is 0 Å². The minimum Gasteiger partial charge on any atom is -0.289 e. The number of aryl methyl sites for hydroxylation is 2. The lowest BCUT2D eigenvalue weighted by molar-refractivity contribution is 0.104. The quantitative estimate of drug-likeness (QED) is 0.617. The molecule has 0 radical (unpaired) electrons. The number of nitrogens with zero attached hydrogens (tertiary/aromatic N) is 1. The van der Waals surface area contributed by atoms with Gasteiger partial charge in [-0.1, -0.05) is 42.0 Å². The summed E-state index contributed by atoms with van der Waals surface area (Å²) in [5, 5.41) is 0. The minimum atomic E-state index is -3.55. The van der Waals surface area contributed by atoms with Gasteiger partial charge in [-0.05, 0) is 43.2 Å². The van der Waals surface area contributed by atoms with Gasteiger partial charge in [0.25, 0.3) is 0 Å². The average molecular weight is 343 g/mol. The van der Waals surface area contributed by atoms with E-state index in [1.807, 2.05) is 26.0 Å². The maximum Gasteiger partial charge on any atom is 0.242 e. The first kappa shape index (κ1) is 18.1. The molecule has 0 saturated heterocycles. The van der Waals surface area contributed by atoms with E-state index in [4.69, 9.17) is 0 Å². The van der Waals surface area contributed by atoms with Crippen molar-refractivity contribution in [3.8, 4) is 0 Å². The third-order valence-electron chi connectivity index (χ3n) is 3.74. The molecule has 2 aromatic rings. The van der Waals surface area contributed by atoms with Crippen LogP contribution in [0.25, 0.3) is 6.08 Å². The van der Waals surface area contributed by atoms with Crippen LogP contribution in [0.15, 0.2) is 53.4 Å². The van der Waals surface area contributed by atoms with Crippen LogP contribution in [-0.4, -0.2) is 32.6 Å². The molecule has 0 amide bonds. The van der Waals surface area contributed by atoms with E-state index in [9.17, 15) is 13.2 Å². The number of allylic oxidation sites excluding steroid dienone is 1. The van der Waals surface area contributed by atoms with E-state index < -0.39 is 10.0 Å². The predicted octanol–water partition coefficient (Wildman–Crippen LogP) is 3.45. The monoisotopic (exact) mass is 343 g/mol. The van der Waals surface area contributed by atoms with Crippen LogP contribution in [0.1, 0.15) is 27.0 Å². The van der Waals surface area contributed by atoms with Crippen LogP contribution in [0.3, 0.4) is 0 Å². The maximum atomic E-state index is 12.4. The molecular formula is C19H21NO3S. The van der Waals surface area contributed by atoms with Gasteiger partial charge < -0.3 is 0 Å². The van der Waals surface area contributed by atoms with Gasteiger partial charge >= 0.3 is 0 Å². The summed E-state index contributed by atoms with van der Waals surface area (Å²) >= 11 is 0. The molecule has 0 atom stereocenters. The molecule has 0 aliphatic heterocycles. The molecule has 126 valence electrons. The van der Waals surface area contributed by atoms with Crippen molar-refractivity contribution in [3.63, 3.8) is 0 Å². The molecule has 0 aromatic heterocycles. The topological polar surface area (TPSA) is 54.5 Å². The van der Waals surface area contributed by atoms with E-state index in [1.54, 1.807) is 18.2 Å². The molecule has 0 aliphatic carbocycles. The van der Waals surface area contributed by atoms with Crippen molar-refractivity contribution in [2.24, 2.45) is 0 Å². The number of hydrogen-bond acceptors (Lipinski definition) is 3. The Morgan fingerprint density at radius 1 is 1.04 bits per heavy atom. The van der Waals surface area contributed by atoms with Crippen LogP contribution in [0, 0.1) is 13.8 Å². The molecule has 0 fully saturated rings. The van der Waals surface area contributed by atoms with Crippen LogP contribution < -0.4 is 0 Å². The Morgan fingerprint density at radius 3 is 2.38 bits per heavy atom. The van der Waals surface area contributed by atoms with E-state index >= 15 is 0 Å². The molecule has 0 aliphatic rings. The van der Waals surface area contributed by atoms with Crippen molar-refractivity contribution < 1.29 is 13.2 Å². The Balaban J connectivity index is 2.29. The first-order valence-corrected chi connectivity index (χ1v) is 8.98. The third-order valence-corrected chi connectivity index (χ3v) is 5.55. The molecule has 2 aromatic carbocycles. The molecular weight excluding hydrogens is 322 g/mol. The highest BCUT2D eigenvalue weighted by Crippen LogP contribution is 2.17. The second-order valence-electron chi connectivity index (χ2n) is 5.87. The van der Waals surface area contributed by atoms with E-state index in [0.717, 1.165) is 21.0 Å². The Bertz CT molecular complexity index is 897. The zero-order valence-corrected chi connectivity index (χ0v) is 15.1. The van der Waals surface area contributed by atoms with Crippen LogP contribution in [-0.2, 0) is 10.0 Å². The fourth-order valence-electron chi connectivity index (χ4n) is 2.29. The van der Waals surface area contributed by atoms with Gasteiger partial charge in [0, 0.05) is 19.7 Å². The van der Waals surface area contributed by atoms with Gasteiger partial charge in [0.1, 0.15) is 0 Å². The molecule has 24 heavy (non-hydrogen) atoms. The zero-order valence-electron chi connectivity index (χ0n) is 14.3.